The number of amides is 2. The molecule has 0 radical (unpaired) electrons. The Balaban J connectivity index is 1.91. The highest BCUT2D eigenvalue weighted by Crippen LogP contribution is 2.24. The Hall–Kier alpha value is -3.79. The Bertz CT molecular complexity index is 1140. The standard InChI is InChI=1S/C21H19N3O4/c1-5-9-22-21(27)19(25)17-12(2)18(24(4)13(17)3)20(26)23-15-6-7-16-14(11-15)8-10-28-16/h1,6-8,10-11H,9H2,2-4H3,(H,22,27)(H,23,26). The summed E-state index contributed by atoms with van der Waals surface area (Å²) >= 11 is 0. The Morgan fingerprint density at radius 2 is 1.96 bits per heavy atom. The molecular weight excluding hydrogens is 358 g/mol. The molecule has 0 aliphatic carbocycles. The zero-order valence-corrected chi connectivity index (χ0v) is 15.8. The average Bonchev–Trinajstić information content (AvgIpc) is 3.21. The van der Waals surface area contributed by atoms with Crippen molar-refractivity contribution in [2.75, 3.05) is 11.9 Å². The highest BCUT2D eigenvalue weighted by molar-refractivity contribution is 6.43. The first-order valence-corrected chi connectivity index (χ1v) is 8.55. The molecule has 2 heterocycles. The van der Waals surface area contributed by atoms with Gasteiger partial charge in [-0.1, -0.05) is 5.92 Å². The lowest BCUT2D eigenvalue weighted by Gasteiger charge is -2.08. The van der Waals surface area contributed by atoms with Gasteiger partial charge in [-0.3, -0.25) is 14.4 Å². The van der Waals surface area contributed by atoms with Crippen LogP contribution >= 0.6 is 0 Å². The van der Waals surface area contributed by atoms with Gasteiger partial charge >= 0.3 is 0 Å². The number of terminal acetylenes is 1. The highest BCUT2D eigenvalue weighted by atomic mass is 16.3. The number of carbonyl (C=O) groups excluding carboxylic acids is 3. The summed E-state index contributed by atoms with van der Waals surface area (Å²) in [5, 5.41) is 6.04. The smallest absolute Gasteiger partial charge is 0.293 e. The second-order valence-corrected chi connectivity index (χ2v) is 6.34. The van der Waals surface area contributed by atoms with Gasteiger partial charge in [-0.05, 0) is 43.7 Å². The predicted molar refractivity (Wildman–Crippen MR) is 105 cm³/mol. The van der Waals surface area contributed by atoms with Gasteiger partial charge in [0.15, 0.2) is 0 Å². The van der Waals surface area contributed by atoms with Crippen LogP contribution in [0, 0.1) is 26.2 Å². The largest absolute Gasteiger partial charge is 0.464 e. The molecule has 0 saturated heterocycles. The Morgan fingerprint density at radius 1 is 1.21 bits per heavy atom. The number of anilines is 1. The lowest BCUT2D eigenvalue weighted by molar-refractivity contribution is -0.116. The molecule has 0 aliphatic rings. The van der Waals surface area contributed by atoms with E-state index in [2.05, 4.69) is 16.6 Å². The third kappa shape index (κ3) is 3.28. The lowest BCUT2D eigenvalue weighted by atomic mass is 10.0. The number of aromatic nitrogens is 1. The number of hydrogen-bond donors (Lipinski definition) is 2. The number of ketones is 1. The van der Waals surface area contributed by atoms with Crippen LogP contribution in [0.2, 0.25) is 0 Å². The van der Waals surface area contributed by atoms with Crippen LogP contribution in [0.25, 0.3) is 11.0 Å². The molecule has 0 aliphatic heterocycles. The van der Waals surface area contributed by atoms with Crippen molar-refractivity contribution >= 4 is 34.3 Å². The second-order valence-electron chi connectivity index (χ2n) is 6.34. The number of rotatable bonds is 5. The number of nitrogens with zero attached hydrogens (tertiary/aromatic N) is 1. The van der Waals surface area contributed by atoms with E-state index in [1.165, 1.54) is 0 Å². The summed E-state index contributed by atoms with van der Waals surface area (Å²) in [7, 11) is 1.67. The molecule has 28 heavy (non-hydrogen) atoms. The van der Waals surface area contributed by atoms with Crippen molar-refractivity contribution in [2.45, 2.75) is 13.8 Å². The summed E-state index contributed by atoms with van der Waals surface area (Å²) in [5.41, 5.74) is 2.77. The third-order valence-electron chi connectivity index (χ3n) is 4.64. The maximum atomic E-state index is 12.9. The van der Waals surface area contributed by atoms with Crippen LogP contribution < -0.4 is 10.6 Å². The molecule has 0 spiro atoms. The minimum absolute atomic E-state index is 0.0423. The van der Waals surface area contributed by atoms with Crippen LogP contribution in [-0.4, -0.2) is 28.7 Å². The fourth-order valence-corrected chi connectivity index (χ4v) is 3.19. The Morgan fingerprint density at radius 3 is 2.68 bits per heavy atom. The van der Waals surface area contributed by atoms with E-state index < -0.39 is 11.7 Å². The zero-order valence-electron chi connectivity index (χ0n) is 15.8. The first-order chi connectivity index (χ1) is 13.3. The van der Waals surface area contributed by atoms with Crippen molar-refractivity contribution in [3.8, 4) is 12.3 Å². The van der Waals surface area contributed by atoms with Crippen molar-refractivity contribution in [3.63, 3.8) is 0 Å². The van der Waals surface area contributed by atoms with E-state index in [9.17, 15) is 14.4 Å². The molecule has 0 unspecified atom stereocenters. The summed E-state index contributed by atoms with van der Waals surface area (Å²) in [6, 6.07) is 7.09. The normalized spacial score (nSPS) is 10.5. The fourth-order valence-electron chi connectivity index (χ4n) is 3.19. The van der Waals surface area contributed by atoms with Crippen LogP contribution in [0.3, 0.4) is 0 Å². The van der Waals surface area contributed by atoms with Crippen molar-refractivity contribution in [1.82, 2.24) is 9.88 Å². The minimum atomic E-state index is -0.799. The van der Waals surface area contributed by atoms with Crippen LogP contribution in [0.5, 0.6) is 0 Å². The molecule has 1 aromatic carbocycles. The quantitative estimate of drug-likeness (QED) is 0.406. The number of Topliss-reactive ketones (excluding diaryl/α,β-unsaturated/α-hetero) is 1. The zero-order chi connectivity index (χ0) is 20.4. The number of nitrogens with one attached hydrogen (secondary N) is 2. The van der Waals surface area contributed by atoms with Gasteiger partial charge in [0.05, 0.1) is 18.4 Å². The van der Waals surface area contributed by atoms with Gasteiger partial charge in [0.2, 0.25) is 0 Å². The fraction of sp³-hybridized carbons (Fsp3) is 0.190. The Labute approximate surface area is 161 Å². The minimum Gasteiger partial charge on any atom is -0.464 e. The lowest BCUT2D eigenvalue weighted by Crippen LogP contribution is -2.31. The molecule has 3 rings (SSSR count). The van der Waals surface area contributed by atoms with Gasteiger partial charge in [-0.25, -0.2) is 0 Å². The third-order valence-corrected chi connectivity index (χ3v) is 4.64. The summed E-state index contributed by atoms with van der Waals surface area (Å²) in [6.45, 7) is 3.28. The van der Waals surface area contributed by atoms with Crippen LogP contribution in [0.4, 0.5) is 5.69 Å². The molecule has 0 bridgehead atoms. The van der Waals surface area contributed by atoms with Crippen molar-refractivity contribution in [1.29, 1.82) is 0 Å². The number of fused-ring (bicyclic) bond motifs is 1. The second kappa shape index (κ2) is 7.45. The maximum absolute atomic E-state index is 12.9. The van der Waals surface area contributed by atoms with Gasteiger partial charge in [0, 0.05) is 23.8 Å². The molecular formula is C21H19N3O4. The summed E-state index contributed by atoms with van der Waals surface area (Å²) < 4.78 is 6.89. The highest BCUT2D eigenvalue weighted by Gasteiger charge is 2.28. The van der Waals surface area contributed by atoms with E-state index in [-0.39, 0.29) is 18.0 Å². The number of hydrogen-bond acceptors (Lipinski definition) is 4. The Kier molecular flexibility index (Phi) is 5.05. The molecule has 2 amide bonds. The van der Waals surface area contributed by atoms with Gasteiger partial charge < -0.3 is 19.6 Å². The van der Waals surface area contributed by atoms with E-state index in [1.807, 2.05) is 0 Å². The molecule has 0 fully saturated rings. The molecule has 0 saturated carbocycles. The SMILES string of the molecule is C#CCNC(=O)C(=O)c1c(C)c(C(=O)Nc2ccc3occc3c2)n(C)c1C. The van der Waals surface area contributed by atoms with Crippen LogP contribution in [-0.2, 0) is 11.8 Å². The molecule has 3 aromatic rings. The molecule has 7 nitrogen and oxygen atoms in total. The summed E-state index contributed by atoms with van der Waals surface area (Å²) in [5.74, 6) is 0.345. The van der Waals surface area contributed by atoms with E-state index in [1.54, 1.807) is 56.0 Å². The van der Waals surface area contributed by atoms with Crippen LogP contribution in [0.1, 0.15) is 32.1 Å². The topological polar surface area (TPSA) is 93.3 Å². The first-order valence-electron chi connectivity index (χ1n) is 8.55. The molecule has 7 heteroatoms. The summed E-state index contributed by atoms with van der Waals surface area (Å²) in [6.07, 6.45) is 6.68. The number of benzene rings is 1. The van der Waals surface area contributed by atoms with Crippen LogP contribution in [0.15, 0.2) is 34.9 Å². The number of carbonyl (C=O) groups is 3. The predicted octanol–water partition coefficient (Wildman–Crippen LogP) is 2.57. The van der Waals surface area contributed by atoms with E-state index in [4.69, 9.17) is 10.8 Å². The molecule has 2 N–H and O–H groups in total. The van der Waals surface area contributed by atoms with Crippen molar-refractivity contribution in [2.24, 2.45) is 7.05 Å². The van der Waals surface area contributed by atoms with Crippen molar-refractivity contribution < 1.29 is 18.8 Å². The van der Waals surface area contributed by atoms with Gasteiger partial charge in [-0.15, -0.1) is 6.42 Å². The van der Waals surface area contributed by atoms with Crippen molar-refractivity contribution in [3.05, 3.63) is 53.0 Å². The monoisotopic (exact) mass is 377 g/mol. The average molecular weight is 377 g/mol. The molecule has 142 valence electrons. The number of furan rings is 1. The molecule has 0 atom stereocenters. The van der Waals surface area contributed by atoms with E-state index >= 15 is 0 Å². The van der Waals surface area contributed by atoms with E-state index in [0.717, 1.165) is 11.0 Å². The van der Waals surface area contributed by atoms with E-state index in [0.29, 0.717) is 22.6 Å². The summed E-state index contributed by atoms with van der Waals surface area (Å²) in [4.78, 5) is 37.4. The molecule has 2 aromatic heterocycles. The maximum Gasteiger partial charge on any atom is 0.293 e. The van der Waals surface area contributed by atoms with Gasteiger partial charge in [-0.2, -0.15) is 0 Å². The van der Waals surface area contributed by atoms with Gasteiger partial charge in [0.1, 0.15) is 11.3 Å². The first kappa shape index (κ1) is 19.0. The van der Waals surface area contributed by atoms with Gasteiger partial charge in [0.25, 0.3) is 17.6 Å².